The molecule has 0 saturated heterocycles. The van der Waals surface area contributed by atoms with E-state index in [2.05, 4.69) is 21.3 Å². The molecule has 1 atom stereocenters. The number of carbonyl (C=O) groups is 2. The van der Waals surface area contributed by atoms with E-state index in [-0.39, 0.29) is 16.9 Å². The van der Waals surface area contributed by atoms with Gasteiger partial charge in [-0.25, -0.2) is 0 Å². The molecule has 0 saturated carbocycles. The lowest BCUT2D eigenvalue weighted by Gasteiger charge is -2.27. The maximum atomic E-state index is 11.4. The molecule has 0 fully saturated rings. The van der Waals surface area contributed by atoms with Crippen molar-refractivity contribution in [2.75, 3.05) is 16.5 Å². The SMILES string of the molecule is CC(=O)Nc1ccc(NC(=S)NC(NC(=O)CCl)C(Cl)(Cl)Cl)cc1. The zero-order valence-corrected chi connectivity index (χ0v) is 16.2. The highest BCUT2D eigenvalue weighted by molar-refractivity contribution is 7.80. The molecular formula is C13H14Cl4N4O2S. The summed E-state index contributed by atoms with van der Waals surface area (Å²) < 4.78 is -1.84. The Bertz CT molecular complexity index is 607. The van der Waals surface area contributed by atoms with Crippen molar-refractivity contribution in [1.29, 1.82) is 0 Å². The van der Waals surface area contributed by atoms with Crippen LogP contribution < -0.4 is 21.3 Å². The third kappa shape index (κ3) is 7.72. The molecule has 1 unspecified atom stereocenters. The Morgan fingerprint density at radius 1 is 1.08 bits per heavy atom. The van der Waals surface area contributed by atoms with Crippen molar-refractivity contribution < 1.29 is 9.59 Å². The Hall–Kier alpha value is -0.990. The highest BCUT2D eigenvalue weighted by atomic mass is 35.6. The second-order valence-electron chi connectivity index (χ2n) is 4.53. The predicted molar refractivity (Wildman–Crippen MR) is 103 cm³/mol. The summed E-state index contributed by atoms with van der Waals surface area (Å²) in [6, 6.07) is 6.77. The average Bonchev–Trinajstić information content (AvgIpc) is 2.47. The molecule has 11 heteroatoms. The number of amides is 2. The number of halogens is 4. The van der Waals surface area contributed by atoms with Crippen LogP contribution in [0.2, 0.25) is 0 Å². The number of carbonyl (C=O) groups excluding carboxylic acids is 2. The first-order chi connectivity index (χ1) is 11.1. The molecular weight excluding hydrogens is 418 g/mol. The van der Waals surface area contributed by atoms with Crippen LogP contribution in [-0.2, 0) is 9.59 Å². The molecule has 4 N–H and O–H groups in total. The van der Waals surface area contributed by atoms with Gasteiger partial charge in [-0.05, 0) is 36.5 Å². The number of anilines is 2. The van der Waals surface area contributed by atoms with Gasteiger partial charge in [0.1, 0.15) is 12.0 Å². The van der Waals surface area contributed by atoms with Crippen LogP contribution in [0.4, 0.5) is 11.4 Å². The van der Waals surface area contributed by atoms with Crippen LogP contribution in [0.5, 0.6) is 0 Å². The summed E-state index contributed by atoms with van der Waals surface area (Å²) in [7, 11) is 0. The van der Waals surface area contributed by atoms with E-state index in [1.165, 1.54) is 6.92 Å². The van der Waals surface area contributed by atoms with Gasteiger partial charge in [0, 0.05) is 18.3 Å². The first kappa shape index (κ1) is 21.1. The van der Waals surface area contributed by atoms with E-state index in [9.17, 15) is 9.59 Å². The fraction of sp³-hybridized carbons (Fsp3) is 0.308. The van der Waals surface area contributed by atoms with E-state index in [1.54, 1.807) is 24.3 Å². The minimum atomic E-state index is -1.84. The quantitative estimate of drug-likeness (QED) is 0.327. The van der Waals surface area contributed by atoms with Gasteiger partial charge in [-0.3, -0.25) is 9.59 Å². The molecule has 132 valence electrons. The summed E-state index contributed by atoms with van der Waals surface area (Å²) in [6.45, 7) is 1.41. The van der Waals surface area contributed by atoms with Crippen LogP contribution in [0.15, 0.2) is 24.3 Å². The van der Waals surface area contributed by atoms with E-state index in [4.69, 9.17) is 58.6 Å². The zero-order valence-electron chi connectivity index (χ0n) is 12.3. The number of alkyl halides is 4. The fourth-order valence-electron chi connectivity index (χ4n) is 1.54. The molecule has 1 aromatic carbocycles. The number of hydrogen-bond acceptors (Lipinski definition) is 3. The second kappa shape index (κ2) is 9.48. The van der Waals surface area contributed by atoms with Crippen molar-refractivity contribution in [2.45, 2.75) is 16.9 Å². The highest BCUT2D eigenvalue weighted by Gasteiger charge is 2.34. The number of hydrogen-bond donors (Lipinski definition) is 4. The molecule has 24 heavy (non-hydrogen) atoms. The van der Waals surface area contributed by atoms with Crippen molar-refractivity contribution >= 4 is 86.9 Å². The van der Waals surface area contributed by atoms with Gasteiger partial charge in [0.2, 0.25) is 15.6 Å². The summed E-state index contributed by atoms with van der Waals surface area (Å²) in [5, 5.41) is 10.7. The van der Waals surface area contributed by atoms with Gasteiger partial charge in [0.25, 0.3) is 0 Å². The largest absolute Gasteiger partial charge is 0.339 e. The van der Waals surface area contributed by atoms with Crippen LogP contribution in [-0.4, -0.2) is 32.8 Å². The standard InChI is InChI=1S/C13H14Cl4N4O2S/c1-7(22)18-8-2-4-9(5-3-8)19-12(24)21-11(13(15,16)17)20-10(23)6-14/h2-5,11H,6H2,1H3,(H,18,22)(H,20,23)(H2,19,21,24). The topological polar surface area (TPSA) is 82.3 Å². The summed E-state index contributed by atoms with van der Waals surface area (Å²) in [5.41, 5.74) is 1.27. The molecule has 0 aromatic heterocycles. The lowest BCUT2D eigenvalue weighted by molar-refractivity contribution is -0.119. The summed E-state index contributed by atoms with van der Waals surface area (Å²) in [4.78, 5) is 22.3. The van der Waals surface area contributed by atoms with Crippen LogP contribution in [0.3, 0.4) is 0 Å². The molecule has 0 aliphatic heterocycles. The Labute approximate surface area is 164 Å². The number of benzene rings is 1. The monoisotopic (exact) mass is 430 g/mol. The average molecular weight is 432 g/mol. The first-order valence-corrected chi connectivity index (χ1v) is 8.56. The van der Waals surface area contributed by atoms with Gasteiger partial charge in [0.05, 0.1) is 0 Å². The first-order valence-electron chi connectivity index (χ1n) is 6.49. The molecule has 2 amide bonds. The Morgan fingerprint density at radius 3 is 2.00 bits per heavy atom. The summed E-state index contributed by atoms with van der Waals surface area (Å²) in [5.74, 6) is -0.986. The van der Waals surface area contributed by atoms with Crippen molar-refractivity contribution in [3.8, 4) is 0 Å². The molecule has 0 aliphatic carbocycles. The van der Waals surface area contributed by atoms with Crippen molar-refractivity contribution in [1.82, 2.24) is 10.6 Å². The van der Waals surface area contributed by atoms with Crippen molar-refractivity contribution in [3.05, 3.63) is 24.3 Å². The van der Waals surface area contributed by atoms with E-state index in [0.717, 1.165) is 0 Å². The number of rotatable bonds is 5. The smallest absolute Gasteiger partial charge is 0.236 e. The van der Waals surface area contributed by atoms with Gasteiger partial charge in [-0.1, -0.05) is 34.8 Å². The Balaban J connectivity index is 2.68. The van der Waals surface area contributed by atoms with E-state index < -0.39 is 15.9 Å². The maximum absolute atomic E-state index is 11.4. The summed E-state index contributed by atoms with van der Waals surface area (Å²) in [6.07, 6.45) is -1.08. The maximum Gasteiger partial charge on any atom is 0.236 e. The molecule has 1 rings (SSSR count). The van der Waals surface area contributed by atoms with Crippen LogP contribution >= 0.6 is 58.6 Å². The van der Waals surface area contributed by atoms with Gasteiger partial charge in [-0.2, -0.15) is 0 Å². The molecule has 1 aromatic rings. The number of nitrogens with one attached hydrogen (secondary N) is 4. The van der Waals surface area contributed by atoms with E-state index in [0.29, 0.717) is 11.4 Å². The van der Waals surface area contributed by atoms with Gasteiger partial charge in [-0.15, -0.1) is 11.6 Å². The molecule has 0 spiro atoms. The molecule has 0 heterocycles. The van der Waals surface area contributed by atoms with E-state index in [1.807, 2.05) is 0 Å². The third-order valence-electron chi connectivity index (χ3n) is 2.49. The Morgan fingerprint density at radius 2 is 1.58 bits per heavy atom. The van der Waals surface area contributed by atoms with Gasteiger partial charge < -0.3 is 21.3 Å². The second-order valence-corrected chi connectivity index (χ2v) is 7.58. The molecule has 6 nitrogen and oxygen atoms in total. The van der Waals surface area contributed by atoms with Crippen molar-refractivity contribution in [3.63, 3.8) is 0 Å². The van der Waals surface area contributed by atoms with Gasteiger partial charge in [0.15, 0.2) is 5.11 Å². The highest BCUT2D eigenvalue weighted by Crippen LogP contribution is 2.29. The van der Waals surface area contributed by atoms with Crippen molar-refractivity contribution in [2.24, 2.45) is 0 Å². The van der Waals surface area contributed by atoms with Gasteiger partial charge >= 0.3 is 0 Å². The minimum absolute atomic E-state index is 0.119. The predicted octanol–water partition coefficient (Wildman–Crippen LogP) is 2.98. The molecule has 0 radical (unpaired) electrons. The normalized spacial score (nSPS) is 12.0. The zero-order chi connectivity index (χ0) is 18.3. The van der Waals surface area contributed by atoms with Crippen LogP contribution in [0, 0.1) is 0 Å². The Kier molecular flexibility index (Phi) is 8.32. The fourth-order valence-corrected chi connectivity index (χ4v) is 2.18. The lowest BCUT2D eigenvalue weighted by Crippen LogP contribution is -2.56. The lowest BCUT2D eigenvalue weighted by atomic mass is 10.3. The van der Waals surface area contributed by atoms with E-state index >= 15 is 0 Å². The van der Waals surface area contributed by atoms with Crippen LogP contribution in [0.25, 0.3) is 0 Å². The van der Waals surface area contributed by atoms with Crippen LogP contribution in [0.1, 0.15) is 6.92 Å². The molecule has 0 aliphatic rings. The number of thiocarbonyl (C=S) groups is 1. The minimum Gasteiger partial charge on any atom is -0.339 e. The third-order valence-corrected chi connectivity index (χ3v) is 3.61. The summed E-state index contributed by atoms with van der Waals surface area (Å²) >= 11 is 27.9. The molecule has 0 bridgehead atoms.